The Morgan fingerprint density at radius 3 is 2.56 bits per heavy atom. The predicted octanol–water partition coefficient (Wildman–Crippen LogP) is 3.59. The van der Waals surface area contributed by atoms with Gasteiger partial charge in [0.15, 0.2) is 0 Å². The van der Waals surface area contributed by atoms with E-state index >= 15 is 0 Å². The van der Waals surface area contributed by atoms with Crippen LogP contribution in [0, 0.1) is 6.92 Å². The third-order valence-electron chi connectivity index (χ3n) is 3.89. The first-order valence-electron chi connectivity index (χ1n) is 6.44. The highest BCUT2D eigenvalue weighted by molar-refractivity contribution is 6.31. The molecule has 1 rings (SSSR count). The molecule has 1 N–H and O–H groups in total. The van der Waals surface area contributed by atoms with E-state index in [9.17, 15) is 0 Å². The number of halogens is 1. The summed E-state index contributed by atoms with van der Waals surface area (Å²) in [5, 5.41) is 4.19. The summed E-state index contributed by atoms with van der Waals surface area (Å²) in [5.41, 5.74) is 2.18. The van der Waals surface area contributed by atoms with E-state index in [1.54, 1.807) is 7.11 Å². The molecule has 18 heavy (non-hydrogen) atoms. The molecule has 1 aromatic rings. The number of aryl methyl sites for hydroxylation is 1. The van der Waals surface area contributed by atoms with Crippen molar-refractivity contribution >= 4 is 11.6 Å². The smallest absolute Gasteiger partial charge is 0.0803 e. The monoisotopic (exact) mass is 269 g/mol. The van der Waals surface area contributed by atoms with E-state index in [4.69, 9.17) is 16.3 Å². The number of benzene rings is 1. The summed E-state index contributed by atoms with van der Waals surface area (Å²) in [6.07, 6.45) is 1.83. The third kappa shape index (κ3) is 3.47. The number of nitrogens with one attached hydrogen (secondary N) is 1. The number of hydrogen-bond donors (Lipinski definition) is 1. The lowest BCUT2D eigenvalue weighted by Crippen LogP contribution is -2.49. The van der Waals surface area contributed by atoms with Gasteiger partial charge in [-0.2, -0.15) is 0 Å². The second-order valence-electron chi connectivity index (χ2n) is 5.01. The fraction of sp³-hybridized carbons (Fsp3) is 0.600. The Morgan fingerprint density at radius 2 is 2.11 bits per heavy atom. The van der Waals surface area contributed by atoms with Crippen LogP contribution in [0.3, 0.4) is 0 Å². The second kappa shape index (κ2) is 6.55. The molecule has 0 aliphatic heterocycles. The van der Waals surface area contributed by atoms with Gasteiger partial charge in [-0.15, -0.1) is 0 Å². The van der Waals surface area contributed by atoms with E-state index < -0.39 is 0 Å². The van der Waals surface area contributed by atoms with Gasteiger partial charge >= 0.3 is 0 Å². The number of rotatable bonds is 6. The minimum absolute atomic E-state index is 0.178. The van der Waals surface area contributed by atoms with Crippen molar-refractivity contribution < 1.29 is 4.74 Å². The van der Waals surface area contributed by atoms with Crippen LogP contribution in [0.15, 0.2) is 18.2 Å². The molecular weight excluding hydrogens is 246 g/mol. The molecule has 0 amide bonds. The highest BCUT2D eigenvalue weighted by atomic mass is 35.5. The maximum absolute atomic E-state index is 6.30. The lowest BCUT2D eigenvalue weighted by molar-refractivity contribution is -0.0268. The van der Waals surface area contributed by atoms with Crippen molar-refractivity contribution in [1.29, 1.82) is 0 Å². The van der Waals surface area contributed by atoms with Crippen molar-refractivity contribution in [2.45, 2.75) is 45.3 Å². The third-order valence-corrected chi connectivity index (χ3v) is 4.24. The molecule has 2 atom stereocenters. The van der Waals surface area contributed by atoms with Crippen molar-refractivity contribution in [2.24, 2.45) is 0 Å². The van der Waals surface area contributed by atoms with Crippen LogP contribution in [0.2, 0.25) is 5.02 Å². The van der Waals surface area contributed by atoms with E-state index in [2.05, 4.69) is 38.2 Å². The van der Waals surface area contributed by atoms with E-state index in [-0.39, 0.29) is 11.6 Å². The average molecular weight is 270 g/mol. The van der Waals surface area contributed by atoms with Gasteiger partial charge in [0.2, 0.25) is 0 Å². The van der Waals surface area contributed by atoms with Gasteiger partial charge in [-0.05, 0) is 50.9 Å². The predicted molar refractivity (Wildman–Crippen MR) is 78.4 cm³/mol. The molecule has 0 aliphatic carbocycles. The van der Waals surface area contributed by atoms with Crippen LogP contribution in [-0.4, -0.2) is 25.8 Å². The second-order valence-corrected chi connectivity index (χ2v) is 5.42. The summed E-state index contributed by atoms with van der Waals surface area (Å²) < 4.78 is 5.67. The SMILES string of the molecule is CCC(C)(OC)C(Cc1ccc(C)cc1Cl)NC. The normalized spacial score (nSPS) is 16.3. The molecule has 0 aromatic heterocycles. The zero-order valence-electron chi connectivity index (χ0n) is 12.0. The fourth-order valence-electron chi connectivity index (χ4n) is 2.19. The first-order valence-corrected chi connectivity index (χ1v) is 6.82. The van der Waals surface area contributed by atoms with Crippen LogP contribution < -0.4 is 5.32 Å². The van der Waals surface area contributed by atoms with Crippen molar-refractivity contribution in [3.05, 3.63) is 34.3 Å². The summed E-state index contributed by atoms with van der Waals surface area (Å²) >= 11 is 6.30. The lowest BCUT2D eigenvalue weighted by atomic mass is 9.88. The van der Waals surface area contributed by atoms with Crippen LogP contribution in [-0.2, 0) is 11.2 Å². The van der Waals surface area contributed by atoms with Crippen LogP contribution >= 0.6 is 11.6 Å². The van der Waals surface area contributed by atoms with E-state index in [0.717, 1.165) is 17.9 Å². The molecule has 0 heterocycles. The Kier molecular flexibility index (Phi) is 5.64. The molecule has 0 saturated heterocycles. The first-order chi connectivity index (χ1) is 8.46. The zero-order valence-corrected chi connectivity index (χ0v) is 12.8. The molecule has 102 valence electrons. The Bertz CT molecular complexity index is 388. The highest BCUT2D eigenvalue weighted by Crippen LogP contribution is 2.25. The van der Waals surface area contributed by atoms with Crippen LogP contribution in [0.4, 0.5) is 0 Å². The standard InChI is InChI=1S/C15H24ClNO/c1-6-15(3,18-5)14(17-4)10-12-8-7-11(2)9-13(12)16/h7-9,14,17H,6,10H2,1-5H3. The van der Waals surface area contributed by atoms with E-state index in [1.807, 2.05) is 13.1 Å². The van der Waals surface area contributed by atoms with E-state index in [1.165, 1.54) is 11.1 Å². The summed E-state index contributed by atoms with van der Waals surface area (Å²) in [5.74, 6) is 0. The van der Waals surface area contributed by atoms with Crippen LogP contribution in [0.25, 0.3) is 0 Å². The van der Waals surface area contributed by atoms with Crippen LogP contribution in [0.5, 0.6) is 0 Å². The number of likely N-dealkylation sites (N-methyl/N-ethyl adjacent to an activating group) is 1. The minimum atomic E-state index is -0.178. The summed E-state index contributed by atoms with van der Waals surface area (Å²) in [4.78, 5) is 0. The van der Waals surface area contributed by atoms with Gasteiger partial charge in [0.25, 0.3) is 0 Å². The largest absolute Gasteiger partial charge is 0.377 e. The number of hydrogen-bond acceptors (Lipinski definition) is 2. The summed E-state index contributed by atoms with van der Waals surface area (Å²) in [7, 11) is 3.74. The van der Waals surface area contributed by atoms with Gasteiger partial charge in [-0.3, -0.25) is 0 Å². The maximum Gasteiger partial charge on any atom is 0.0803 e. The Morgan fingerprint density at radius 1 is 1.44 bits per heavy atom. The molecule has 0 aliphatic rings. The number of ether oxygens (including phenoxy) is 1. The van der Waals surface area contributed by atoms with Gasteiger partial charge in [-0.25, -0.2) is 0 Å². The van der Waals surface area contributed by atoms with Crippen molar-refractivity contribution in [2.75, 3.05) is 14.2 Å². The van der Waals surface area contributed by atoms with Crippen molar-refractivity contribution in [1.82, 2.24) is 5.32 Å². The number of methoxy groups -OCH3 is 1. The fourth-order valence-corrected chi connectivity index (χ4v) is 2.51. The van der Waals surface area contributed by atoms with Crippen molar-refractivity contribution in [3.8, 4) is 0 Å². The Balaban J connectivity index is 2.92. The topological polar surface area (TPSA) is 21.3 Å². The molecule has 0 bridgehead atoms. The molecule has 3 heteroatoms. The first kappa shape index (κ1) is 15.5. The summed E-state index contributed by atoms with van der Waals surface area (Å²) in [6.45, 7) is 6.33. The van der Waals surface area contributed by atoms with Gasteiger partial charge in [0.05, 0.1) is 5.60 Å². The molecule has 2 unspecified atom stereocenters. The van der Waals surface area contributed by atoms with Gasteiger partial charge in [-0.1, -0.05) is 30.7 Å². The highest BCUT2D eigenvalue weighted by Gasteiger charge is 2.31. The van der Waals surface area contributed by atoms with Crippen LogP contribution in [0.1, 0.15) is 31.4 Å². The Hall–Kier alpha value is -0.570. The maximum atomic E-state index is 6.30. The zero-order chi connectivity index (χ0) is 13.8. The van der Waals surface area contributed by atoms with E-state index in [0.29, 0.717) is 0 Å². The lowest BCUT2D eigenvalue weighted by Gasteiger charge is -2.36. The average Bonchev–Trinajstić information content (AvgIpc) is 2.37. The summed E-state index contributed by atoms with van der Waals surface area (Å²) in [6, 6.07) is 6.46. The molecule has 0 saturated carbocycles. The van der Waals surface area contributed by atoms with Gasteiger partial charge < -0.3 is 10.1 Å². The molecular formula is C15H24ClNO. The molecule has 2 nitrogen and oxygen atoms in total. The van der Waals surface area contributed by atoms with Crippen molar-refractivity contribution in [3.63, 3.8) is 0 Å². The molecule has 0 spiro atoms. The molecule has 0 fully saturated rings. The molecule has 1 aromatic carbocycles. The molecule has 0 radical (unpaired) electrons. The Labute approximate surface area is 116 Å². The van der Waals surface area contributed by atoms with Gasteiger partial charge in [0.1, 0.15) is 0 Å². The quantitative estimate of drug-likeness (QED) is 0.852. The van der Waals surface area contributed by atoms with Gasteiger partial charge in [0, 0.05) is 18.2 Å². The minimum Gasteiger partial charge on any atom is -0.377 e.